The zero-order valence-electron chi connectivity index (χ0n) is 36.9. The first kappa shape index (κ1) is 61.0. The van der Waals surface area contributed by atoms with Crippen molar-refractivity contribution in [2.75, 3.05) is 20.2 Å². The van der Waals surface area contributed by atoms with E-state index in [4.69, 9.17) is 19.6 Å². The third-order valence-corrected chi connectivity index (χ3v) is 11.7. The van der Waals surface area contributed by atoms with Gasteiger partial charge in [0.2, 0.25) is 0 Å². The van der Waals surface area contributed by atoms with Gasteiger partial charge in [-0.3, -0.25) is 28.6 Å². The molecule has 2 aromatic heterocycles. The normalized spacial score (nSPS) is 13.5. The summed E-state index contributed by atoms with van der Waals surface area (Å²) in [7, 11) is 1.44. The summed E-state index contributed by atoms with van der Waals surface area (Å²) in [4.78, 5) is 56.3. The second-order valence-corrected chi connectivity index (χ2v) is 16.4. The predicted molar refractivity (Wildman–Crippen MR) is 258 cm³/mol. The van der Waals surface area contributed by atoms with Gasteiger partial charge in [-0.05, 0) is 57.6 Å². The number of carbonyl (C=O) groups excluding carboxylic acids is 3. The van der Waals surface area contributed by atoms with Crippen molar-refractivity contribution in [3.63, 3.8) is 0 Å². The number of nitrogens with zero attached hydrogens (tertiary/aromatic N) is 6. The molecule has 2 amide bonds. The van der Waals surface area contributed by atoms with Gasteiger partial charge in [-0.15, -0.1) is 28.4 Å². The number of nitroso groups, excluding NO2 is 1. The van der Waals surface area contributed by atoms with Crippen LogP contribution >= 0.6 is 23.5 Å². The minimum Gasteiger partial charge on any atom is -0.412 e. The first-order chi connectivity index (χ1) is 28.5. The van der Waals surface area contributed by atoms with E-state index in [9.17, 15) is 14.5 Å². The molecule has 7 rings (SSSR count). The predicted octanol–water partition coefficient (Wildman–Crippen LogP) is 6.43. The summed E-state index contributed by atoms with van der Waals surface area (Å²) in [6.45, 7) is 23.2. The van der Waals surface area contributed by atoms with E-state index in [0.717, 1.165) is 83.2 Å². The highest BCUT2D eigenvalue weighted by Crippen LogP contribution is 2.43. The molecule has 19 heteroatoms. The van der Waals surface area contributed by atoms with Gasteiger partial charge >= 0.3 is 5.91 Å². The van der Waals surface area contributed by atoms with E-state index >= 15 is 0 Å². The lowest BCUT2D eigenvalue weighted by Crippen LogP contribution is -2.40. The summed E-state index contributed by atoms with van der Waals surface area (Å²) >= 11 is 3.30. The fourth-order valence-electron chi connectivity index (χ4n) is 7.05. The maximum atomic E-state index is 12.6. The Kier molecular flexibility index (Phi) is 28.0. The molecule has 0 bridgehead atoms. The van der Waals surface area contributed by atoms with Crippen LogP contribution in [0.25, 0.3) is 16.8 Å². The largest absolute Gasteiger partial charge is 0.412 e. The second kappa shape index (κ2) is 29.4. The smallest absolute Gasteiger partial charge is 0.337 e. The number of aryl methyl sites for hydroxylation is 2. The highest BCUT2D eigenvalue weighted by Gasteiger charge is 2.32. The van der Waals surface area contributed by atoms with Crippen LogP contribution in [0.5, 0.6) is 0 Å². The number of hydrogen-bond acceptors (Lipinski definition) is 11. The SMILES string of the molecule is C.C=CC1=C(C=C)c2c(c(C(=O)N=O)nn2CCc2ccccc2)CS1.C=O.CC.CONC(=O)c1nn(CC2CCN(OC(C)(C)C)CC2)c2c1CSc1ccccc1-2.O.O.O.O. The number of hydroxylamine groups is 3. The Balaban J connectivity index is 0. The molecule has 3 aliphatic rings. The van der Waals surface area contributed by atoms with Crippen LogP contribution in [-0.2, 0) is 45.5 Å². The van der Waals surface area contributed by atoms with E-state index < -0.39 is 5.91 Å². The molecule has 4 aromatic rings. The van der Waals surface area contributed by atoms with Crippen molar-refractivity contribution in [2.45, 2.75) is 96.4 Å². The molecule has 0 aliphatic carbocycles. The molecule has 0 spiro atoms. The summed E-state index contributed by atoms with van der Waals surface area (Å²) < 4.78 is 3.82. The van der Waals surface area contributed by atoms with Gasteiger partial charge in [-0.25, -0.2) is 5.48 Å². The molecule has 0 radical (unpaired) electrons. The van der Waals surface area contributed by atoms with Crippen LogP contribution in [0.1, 0.15) is 98.2 Å². The topological polar surface area (TPSA) is 276 Å². The fourth-order valence-corrected chi connectivity index (χ4v) is 9.15. The first-order valence-electron chi connectivity index (χ1n) is 19.6. The molecular formula is C45H67N7O10S2. The van der Waals surface area contributed by atoms with Crippen molar-refractivity contribution in [1.82, 2.24) is 30.1 Å². The standard InChI is InChI=1S/C22H30N4O3S.C19H17N3O2S.C2H6.CH2O.CH4.4H2O/c1-22(2,3)29-25-11-9-15(10-12-25)13-26-20-16-7-5-6-8-18(16)30-14-17(20)19(23-26)21(27)24-28-4;1-3-14-16(4-2)25-12-15-17(19(23)21-24)20-22(18(14)15)11-10-13-8-6-5-7-9-13;2*1-2;;;;;/h5-8,15H,9-14H2,1-4H3,(H,24,27);3-9H,1-2,10-12H2;1-2H3;1H2;1H4;4*1H2. The number of rotatable bonds is 11. The quantitative estimate of drug-likeness (QED) is 0.126. The minimum atomic E-state index is -0.833. The number of amides is 2. The van der Waals surface area contributed by atoms with Crippen LogP contribution in [0.4, 0.5) is 0 Å². The average Bonchev–Trinajstić information content (AvgIpc) is 3.83. The molecule has 1 saturated heterocycles. The number of thioether (sulfide) groups is 2. The zero-order valence-corrected chi connectivity index (χ0v) is 38.5. The molecule has 17 nitrogen and oxygen atoms in total. The van der Waals surface area contributed by atoms with E-state index in [-0.39, 0.29) is 46.5 Å². The van der Waals surface area contributed by atoms with Crippen LogP contribution in [0.3, 0.4) is 0 Å². The van der Waals surface area contributed by atoms with Crippen LogP contribution in [0, 0.1) is 10.8 Å². The highest BCUT2D eigenvalue weighted by atomic mass is 32.2. The van der Waals surface area contributed by atoms with Crippen molar-refractivity contribution in [2.24, 2.45) is 11.1 Å². The van der Waals surface area contributed by atoms with E-state index in [1.807, 2.05) is 61.7 Å². The Bertz CT molecular complexity index is 2130. The molecule has 354 valence electrons. The third kappa shape index (κ3) is 15.0. The summed E-state index contributed by atoms with van der Waals surface area (Å²) in [5.74, 6) is 0.655. The monoisotopic (exact) mass is 929 g/mol. The Morgan fingerprint density at radius 1 is 0.859 bits per heavy atom. The van der Waals surface area contributed by atoms with E-state index in [1.165, 1.54) is 17.6 Å². The van der Waals surface area contributed by atoms with E-state index in [2.05, 4.69) is 72.9 Å². The minimum absolute atomic E-state index is 0. The summed E-state index contributed by atoms with van der Waals surface area (Å²) in [5, 5.41) is 13.8. The first-order valence-corrected chi connectivity index (χ1v) is 21.5. The van der Waals surface area contributed by atoms with Crippen molar-refractivity contribution in [3.05, 3.63) is 123 Å². The Morgan fingerprint density at radius 3 is 2.02 bits per heavy atom. The lowest BCUT2D eigenvalue weighted by molar-refractivity contribution is -0.239. The molecule has 64 heavy (non-hydrogen) atoms. The molecule has 3 aliphatic heterocycles. The molecular weight excluding hydrogens is 863 g/mol. The van der Waals surface area contributed by atoms with Crippen molar-refractivity contribution in [1.29, 1.82) is 0 Å². The molecule has 5 heterocycles. The summed E-state index contributed by atoms with van der Waals surface area (Å²) in [6, 6.07) is 18.4. The fraction of sp³-hybridized carbons (Fsp3) is 0.400. The van der Waals surface area contributed by atoms with Gasteiger partial charge in [0.1, 0.15) is 6.79 Å². The molecule has 0 unspecified atom stereocenters. The second-order valence-electron chi connectivity index (χ2n) is 14.4. The molecule has 0 saturated carbocycles. The van der Waals surface area contributed by atoms with Gasteiger partial charge in [0.25, 0.3) is 5.91 Å². The van der Waals surface area contributed by atoms with Gasteiger partial charge in [0, 0.05) is 74.9 Å². The van der Waals surface area contributed by atoms with E-state index in [0.29, 0.717) is 23.9 Å². The maximum Gasteiger partial charge on any atom is 0.337 e. The number of nitrogens with one attached hydrogen (secondary N) is 1. The summed E-state index contributed by atoms with van der Waals surface area (Å²) in [5.41, 5.74) is 9.69. The Labute approximate surface area is 384 Å². The van der Waals surface area contributed by atoms with Gasteiger partial charge in [0.15, 0.2) is 11.4 Å². The molecule has 9 N–H and O–H groups in total. The van der Waals surface area contributed by atoms with Crippen molar-refractivity contribution in [3.8, 4) is 11.3 Å². The zero-order chi connectivity index (χ0) is 43.1. The highest BCUT2D eigenvalue weighted by molar-refractivity contribution is 8.02. The Morgan fingerprint density at radius 2 is 1.44 bits per heavy atom. The third-order valence-electron chi connectivity index (χ3n) is 9.46. The molecule has 0 atom stereocenters. The number of piperidine rings is 1. The number of aromatic nitrogens is 4. The van der Waals surface area contributed by atoms with Crippen LogP contribution in [0.2, 0.25) is 0 Å². The number of hydrogen-bond donors (Lipinski definition) is 1. The lowest BCUT2D eigenvalue weighted by Gasteiger charge is -2.35. The van der Waals surface area contributed by atoms with Gasteiger partial charge in [0.05, 0.1) is 24.1 Å². The van der Waals surface area contributed by atoms with E-state index in [1.54, 1.807) is 40.4 Å². The van der Waals surface area contributed by atoms with Crippen molar-refractivity contribution >= 4 is 47.7 Å². The average molecular weight is 930 g/mol. The van der Waals surface area contributed by atoms with Gasteiger partial charge in [-0.1, -0.05) is 95.1 Å². The van der Waals surface area contributed by atoms with Crippen LogP contribution in [0.15, 0.2) is 94.9 Å². The molecule has 2 aromatic carbocycles. The number of carbonyl (C=O) groups is 3. The summed E-state index contributed by atoms with van der Waals surface area (Å²) in [6.07, 6.45) is 6.36. The number of benzene rings is 2. The van der Waals surface area contributed by atoms with Crippen LogP contribution in [-0.4, -0.2) is 90.9 Å². The van der Waals surface area contributed by atoms with Gasteiger partial charge < -0.3 is 26.7 Å². The number of fused-ring (bicyclic) bond motifs is 4. The molecule has 1 fully saturated rings. The maximum absolute atomic E-state index is 12.6. The Hall–Kier alpha value is -5.09. The van der Waals surface area contributed by atoms with Gasteiger partial charge in [-0.2, -0.15) is 15.3 Å². The van der Waals surface area contributed by atoms with Crippen LogP contribution < -0.4 is 5.48 Å². The number of allylic oxidation sites excluding steroid dienone is 3. The lowest BCUT2D eigenvalue weighted by atomic mass is 9.97. The van der Waals surface area contributed by atoms with Crippen molar-refractivity contribution < 1.29 is 46.0 Å².